The van der Waals surface area contributed by atoms with E-state index in [0.717, 1.165) is 32.4 Å². The summed E-state index contributed by atoms with van der Waals surface area (Å²) in [4.78, 5) is 31.3. The maximum atomic E-state index is 12.8. The molecular formula is C21H34N4O2S. The highest BCUT2D eigenvalue weighted by Gasteiger charge is 2.42. The van der Waals surface area contributed by atoms with E-state index in [2.05, 4.69) is 41.6 Å². The highest BCUT2D eigenvalue weighted by Crippen LogP contribution is 2.34. The van der Waals surface area contributed by atoms with E-state index in [1.54, 1.807) is 11.3 Å². The molecule has 1 aromatic heterocycles. The first-order valence-corrected chi connectivity index (χ1v) is 11.4. The lowest BCUT2D eigenvalue weighted by molar-refractivity contribution is -0.144. The standard InChI is InChI=1S/C21H34N4O2S/c1-15(2)13-24(14-18-4-3-11-28-18)17-7-10-25(21(27)16-5-6-16)19(12-17)20(26)23-9-8-22/h3-4,11,15-17,19H,5-10,12-14,22H2,1-2H3,(H,23,26)/t17?,19-/m1/s1. The lowest BCUT2D eigenvalue weighted by Crippen LogP contribution is -2.58. The van der Waals surface area contributed by atoms with Crippen LogP contribution >= 0.6 is 11.3 Å². The van der Waals surface area contributed by atoms with Gasteiger partial charge in [-0.2, -0.15) is 0 Å². The smallest absolute Gasteiger partial charge is 0.242 e. The number of nitrogens with two attached hydrogens (primary N) is 1. The molecule has 1 aliphatic carbocycles. The molecule has 0 radical (unpaired) electrons. The molecule has 3 rings (SSSR count). The Bertz CT molecular complexity index is 645. The lowest BCUT2D eigenvalue weighted by atomic mass is 9.93. The molecule has 1 aliphatic heterocycles. The Morgan fingerprint density at radius 2 is 2.14 bits per heavy atom. The van der Waals surface area contributed by atoms with Crippen molar-refractivity contribution >= 4 is 23.2 Å². The minimum atomic E-state index is -0.378. The van der Waals surface area contributed by atoms with Gasteiger partial charge in [0.15, 0.2) is 0 Å². The topological polar surface area (TPSA) is 78.7 Å². The molecule has 0 spiro atoms. The van der Waals surface area contributed by atoms with E-state index in [-0.39, 0.29) is 23.8 Å². The number of rotatable bonds is 9. The summed E-state index contributed by atoms with van der Waals surface area (Å²) in [7, 11) is 0. The van der Waals surface area contributed by atoms with E-state index in [0.29, 0.717) is 38.0 Å². The van der Waals surface area contributed by atoms with Gasteiger partial charge in [0.1, 0.15) is 6.04 Å². The number of carbonyl (C=O) groups excluding carboxylic acids is 2. The molecule has 7 heteroatoms. The van der Waals surface area contributed by atoms with Gasteiger partial charge in [0, 0.05) is 49.6 Å². The van der Waals surface area contributed by atoms with Gasteiger partial charge in [-0.05, 0) is 43.0 Å². The number of carbonyl (C=O) groups is 2. The fourth-order valence-corrected chi connectivity index (χ4v) is 4.81. The van der Waals surface area contributed by atoms with Crippen molar-refractivity contribution in [2.45, 2.75) is 58.2 Å². The van der Waals surface area contributed by atoms with Gasteiger partial charge in [-0.3, -0.25) is 14.5 Å². The van der Waals surface area contributed by atoms with Crippen molar-refractivity contribution in [3.8, 4) is 0 Å². The molecule has 1 saturated heterocycles. The highest BCUT2D eigenvalue weighted by molar-refractivity contribution is 7.09. The van der Waals surface area contributed by atoms with Gasteiger partial charge >= 0.3 is 0 Å². The molecule has 2 atom stereocenters. The number of hydrogen-bond acceptors (Lipinski definition) is 5. The Kier molecular flexibility index (Phi) is 7.48. The van der Waals surface area contributed by atoms with E-state index in [1.165, 1.54) is 4.88 Å². The first-order valence-electron chi connectivity index (χ1n) is 10.5. The summed E-state index contributed by atoms with van der Waals surface area (Å²) in [5.74, 6) is 0.805. The predicted octanol–water partition coefficient (Wildman–Crippen LogP) is 2.05. The van der Waals surface area contributed by atoms with Crippen LogP contribution in [0.4, 0.5) is 0 Å². The minimum absolute atomic E-state index is 0.0511. The summed E-state index contributed by atoms with van der Waals surface area (Å²) in [5, 5.41) is 5.03. The first kappa shape index (κ1) is 21.3. The third kappa shape index (κ3) is 5.55. The summed E-state index contributed by atoms with van der Waals surface area (Å²) in [6, 6.07) is 4.20. The predicted molar refractivity (Wildman–Crippen MR) is 113 cm³/mol. The quantitative estimate of drug-likeness (QED) is 0.658. The summed E-state index contributed by atoms with van der Waals surface area (Å²) in [6.45, 7) is 7.91. The van der Waals surface area contributed by atoms with Crippen molar-refractivity contribution < 1.29 is 9.59 Å². The van der Waals surface area contributed by atoms with Crippen molar-refractivity contribution in [2.24, 2.45) is 17.6 Å². The van der Waals surface area contributed by atoms with E-state index in [9.17, 15) is 9.59 Å². The van der Waals surface area contributed by atoms with Crippen molar-refractivity contribution in [2.75, 3.05) is 26.2 Å². The average Bonchev–Trinajstić information content (AvgIpc) is 3.41. The molecule has 0 bridgehead atoms. The van der Waals surface area contributed by atoms with Crippen LogP contribution in [-0.4, -0.2) is 59.9 Å². The van der Waals surface area contributed by atoms with Crippen molar-refractivity contribution in [3.05, 3.63) is 22.4 Å². The molecule has 1 aromatic rings. The van der Waals surface area contributed by atoms with Gasteiger partial charge in [-0.15, -0.1) is 11.3 Å². The average molecular weight is 407 g/mol. The van der Waals surface area contributed by atoms with Crippen LogP contribution in [0, 0.1) is 11.8 Å². The van der Waals surface area contributed by atoms with Crippen LogP contribution in [0.3, 0.4) is 0 Å². The van der Waals surface area contributed by atoms with E-state index < -0.39 is 0 Å². The summed E-state index contributed by atoms with van der Waals surface area (Å²) in [5.41, 5.74) is 5.56. The molecule has 6 nitrogen and oxygen atoms in total. The Labute approximate surface area is 172 Å². The number of amides is 2. The zero-order valence-corrected chi connectivity index (χ0v) is 17.9. The molecule has 1 unspecified atom stereocenters. The lowest BCUT2D eigenvalue weighted by Gasteiger charge is -2.43. The highest BCUT2D eigenvalue weighted by atomic mass is 32.1. The van der Waals surface area contributed by atoms with E-state index in [1.807, 2.05) is 4.90 Å². The van der Waals surface area contributed by atoms with Gasteiger partial charge in [0.2, 0.25) is 11.8 Å². The van der Waals surface area contributed by atoms with Gasteiger partial charge in [0.05, 0.1) is 0 Å². The fourth-order valence-electron chi connectivity index (χ4n) is 4.08. The normalized spacial score (nSPS) is 22.7. The van der Waals surface area contributed by atoms with Gasteiger partial charge in [-0.1, -0.05) is 19.9 Å². The number of piperidine rings is 1. The summed E-state index contributed by atoms with van der Waals surface area (Å²) < 4.78 is 0. The van der Waals surface area contributed by atoms with E-state index >= 15 is 0 Å². The first-order chi connectivity index (χ1) is 13.5. The molecular weight excluding hydrogens is 372 g/mol. The second-order valence-electron chi connectivity index (χ2n) is 8.48. The summed E-state index contributed by atoms with van der Waals surface area (Å²) in [6.07, 6.45) is 3.56. The van der Waals surface area contributed by atoms with Crippen LogP contribution in [0.5, 0.6) is 0 Å². The largest absolute Gasteiger partial charge is 0.353 e. The van der Waals surface area contributed by atoms with Gasteiger partial charge < -0.3 is 16.0 Å². The molecule has 2 aliphatic rings. The Morgan fingerprint density at radius 1 is 1.36 bits per heavy atom. The number of hydrogen-bond donors (Lipinski definition) is 2. The Morgan fingerprint density at radius 3 is 2.75 bits per heavy atom. The number of likely N-dealkylation sites (tertiary alicyclic amines) is 1. The van der Waals surface area contributed by atoms with Crippen LogP contribution in [0.2, 0.25) is 0 Å². The van der Waals surface area contributed by atoms with Crippen LogP contribution in [-0.2, 0) is 16.1 Å². The van der Waals surface area contributed by atoms with Crippen molar-refractivity contribution in [1.82, 2.24) is 15.1 Å². The van der Waals surface area contributed by atoms with Crippen LogP contribution in [0.15, 0.2) is 17.5 Å². The van der Waals surface area contributed by atoms with Crippen molar-refractivity contribution in [1.29, 1.82) is 0 Å². The number of thiophene rings is 1. The van der Waals surface area contributed by atoms with Crippen molar-refractivity contribution in [3.63, 3.8) is 0 Å². The fraction of sp³-hybridized carbons (Fsp3) is 0.714. The SMILES string of the molecule is CC(C)CN(Cc1cccs1)C1CCN(C(=O)C2CC2)[C@@H](C(=O)NCCN)C1. The Balaban J connectivity index is 1.73. The second-order valence-corrected chi connectivity index (χ2v) is 9.51. The third-order valence-corrected chi connectivity index (χ3v) is 6.45. The van der Waals surface area contributed by atoms with Crippen LogP contribution in [0.1, 0.15) is 44.4 Å². The molecule has 2 amide bonds. The van der Waals surface area contributed by atoms with Crippen LogP contribution < -0.4 is 11.1 Å². The molecule has 2 heterocycles. The zero-order chi connectivity index (χ0) is 20.1. The molecule has 0 aromatic carbocycles. The number of nitrogens with zero attached hydrogens (tertiary/aromatic N) is 2. The molecule has 156 valence electrons. The molecule has 3 N–H and O–H groups in total. The molecule has 2 fully saturated rings. The molecule has 28 heavy (non-hydrogen) atoms. The monoisotopic (exact) mass is 406 g/mol. The molecule has 1 saturated carbocycles. The maximum absolute atomic E-state index is 12.8. The summed E-state index contributed by atoms with van der Waals surface area (Å²) >= 11 is 1.78. The van der Waals surface area contributed by atoms with Gasteiger partial charge in [-0.25, -0.2) is 0 Å². The van der Waals surface area contributed by atoms with Gasteiger partial charge in [0.25, 0.3) is 0 Å². The third-order valence-electron chi connectivity index (χ3n) is 5.59. The Hall–Kier alpha value is -1.44. The maximum Gasteiger partial charge on any atom is 0.242 e. The second kappa shape index (κ2) is 9.85. The van der Waals surface area contributed by atoms with E-state index in [4.69, 9.17) is 5.73 Å². The number of nitrogens with one attached hydrogen (secondary N) is 1. The minimum Gasteiger partial charge on any atom is -0.353 e. The van der Waals surface area contributed by atoms with Crippen LogP contribution in [0.25, 0.3) is 0 Å². The zero-order valence-electron chi connectivity index (χ0n) is 17.1.